The summed E-state index contributed by atoms with van der Waals surface area (Å²) in [6.45, 7) is -1.15. The molecule has 3 heterocycles. The molecule has 4 aliphatic rings. The van der Waals surface area contributed by atoms with E-state index in [9.17, 15) is 29.0 Å². The number of phosphoric acid groups is 3. The summed E-state index contributed by atoms with van der Waals surface area (Å²) in [6.07, 6.45) is -12.1. The Balaban J connectivity index is 1.16. The Morgan fingerprint density at radius 2 is 0.646 bits per heavy atom. The number of aliphatic hydroxyl groups is 3. The van der Waals surface area contributed by atoms with E-state index in [1.165, 1.54) is 0 Å². The molecule has 258 valence electrons. The van der Waals surface area contributed by atoms with Gasteiger partial charge in [-0.05, 0) is 33.4 Å². The predicted molar refractivity (Wildman–Crippen MR) is 164 cm³/mol. The smallest absolute Gasteiger partial charge is 0.387 e. The predicted octanol–water partition coefficient (Wildman–Crippen LogP) is 4.80. The summed E-state index contributed by atoms with van der Waals surface area (Å²) in [5.74, 6) is 0. The minimum atomic E-state index is -4.58. The van der Waals surface area contributed by atoms with Crippen molar-refractivity contribution in [3.63, 3.8) is 0 Å². The minimum absolute atomic E-state index is 0.182. The fraction of sp³-hybridized carbons (Fsp3) is 0.400. The zero-order valence-electron chi connectivity index (χ0n) is 25.2. The van der Waals surface area contributed by atoms with E-state index in [0.717, 1.165) is 0 Å². The number of rotatable bonds is 6. The first-order valence-electron chi connectivity index (χ1n) is 15.0. The molecule has 0 aromatic heterocycles. The Morgan fingerprint density at radius 3 is 0.938 bits per heavy atom. The lowest BCUT2D eigenvalue weighted by molar-refractivity contribution is -0.215. The SMILES string of the molecule is O=P1(O[C@@H]2[C@H](O)[C@@H](O)[C@H](OP3(=O)OCc4ccccc4CO3)[C@@H](OP3(=O)OCc4ccccc4CO3)[C@@H]2O)OCc2ccccc2CO1. The molecule has 0 amide bonds. The highest BCUT2D eigenvalue weighted by atomic mass is 31.2. The van der Waals surface area contributed by atoms with Crippen LogP contribution in [-0.2, 0) is 94.1 Å². The lowest BCUT2D eigenvalue weighted by Gasteiger charge is -2.45. The molecule has 0 spiro atoms. The number of hydrogen-bond donors (Lipinski definition) is 3. The second-order valence-electron chi connectivity index (χ2n) is 11.5. The maximum Gasteiger partial charge on any atom is 0.475 e. The molecule has 1 saturated carbocycles. The summed E-state index contributed by atoms with van der Waals surface area (Å²) >= 11 is 0. The van der Waals surface area contributed by atoms with Crippen LogP contribution < -0.4 is 0 Å². The molecule has 3 aromatic carbocycles. The number of hydrogen-bond acceptors (Lipinski definition) is 15. The van der Waals surface area contributed by atoms with Gasteiger partial charge in [-0.1, -0.05) is 72.8 Å². The zero-order valence-corrected chi connectivity index (χ0v) is 27.9. The largest absolute Gasteiger partial charge is 0.475 e. The average molecular weight is 727 g/mol. The fourth-order valence-electron chi connectivity index (χ4n) is 5.69. The van der Waals surface area contributed by atoms with Gasteiger partial charge in [-0.15, -0.1) is 0 Å². The monoisotopic (exact) mass is 726 g/mol. The van der Waals surface area contributed by atoms with Gasteiger partial charge in [0.25, 0.3) is 0 Å². The molecular formula is C30H33O15P3. The molecule has 0 unspecified atom stereocenters. The average Bonchev–Trinajstić information content (AvgIpc) is 3.46. The van der Waals surface area contributed by atoms with Crippen LogP contribution in [0.2, 0.25) is 0 Å². The van der Waals surface area contributed by atoms with Crippen molar-refractivity contribution < 1.29 is 69.7 Å². The highest BCUT2D eigenvalue weighted by Crippen LogP contribution is 2.60. The maximum atomic E-state index is 13.9. The van der Waals surface area contributed by atoms with Gasteiger partial charge in [0, 0.05) is 0 Å². The summed E-state index contributed by atoms with van der Waals surface area (Å²) < 4.78 is 91.5. The van der Waals surface area contributed by atoms with Gasteiger partial charge in [0.15, 0.2) is 0 Å². The Hall–Kier alpha value is -2.13. The molecule has 0 radical (unpaired) electrons. The van der Waals surface area contributed by atoms with Gasteiger partial charge in [-0.2, -0.15) is 0 Å². The van der Waals surface area contributed by atoms with E-state index in [1.54, 1.807) is 72.8 Å². The highest BCUT2D eigenvalue weighted by Gasteiger charge is 2.58. The Bertz CT molecular complexity index is 1690. The lowest BCUT2D eigenvalue weighted by atomic mass is 9.85. The molecule has 0 bridgehead atoms. The summed E-state index contributed by atoms with van der Waals surface area (Å²) in [5.41, 5.74) is 4.02. The van der Waals surface area contributed by atoms with Crippen LogP contribution in [0.15, 0.2) is 72.8 Å². The number of benzene rings is 3. The first kappa shape index (κ1) is 34.3. The highest BCUT2D eigenvalue weighted by molar-refractivity contribution is 7.49. The molecule has 3 aromatic rings. The van der Waals surface area contributed by atoms with Crippen molar-refractivity contribution in [2.75, 3.05) is 0 Å². The molecule has 48 heavy (non-hydrogen) atoms. The molecule has 0 saturated heterocycles. The van der Waals surface area contributed by atoms with Gasteiger partial charge < -0.3 is 15.3 Å². The second-order valence-corrected chi connectivity index (χ2v) is 16.3. The number of fused-ring (bicyclic) bond motifs is 3. The Labute approximate surface area is 275 Å². The lowest BCUT2D eigenvalue weighted by Crippen LogP contribution is -2.65. The van der Waals surface area contributed by atoms with Gasteiger partial charge in [0.2, 0.25) is 0 Å². The van der Waals surface area contributed by atoms with E-state index in [-0.39, 0.29) is 39.6 Å². The molecular weight excluding hydrogens is 693 g/mol. The molecule has 3 aliphatic heterocycles. The quantitative estimate of drug-likeness (QED) is 0.293. The van der Waals surface area contributed by atoms with Crippen LogP contribution in [0.3, 0.4) is 0 Å². The standard InChI is InChI=1S/C30H33O15P3/c31-25-26(32)29(44-47(35)39-15-21-9-3-4-10-22(21)16-40-47)30(45-48(36)41-17-23-11-5-6-12-24(23)18-42-48)27(33)28(25)43-46(34)37-13-19-7-1-2-8-20(19)14-38-46/h1-12,25-33H,13-18H2/t25-,26-,27-,28-,29+,30+/m1/s1. The van der Waals surface area contributed by atoms with E-state index < -0.39 is 60.1 Å². The summed E-state index contributed by atoms with van der Waals surface area (Å²) in [7, 11) is -13.7. The van der Waals surface area contributed by atoms with Gasteiger partial charge in [-0.3, -0.25) is 40.7 Å². The van der Waals surface area contributed by atoms with Crippen LogP contribution in [0.1, 0.15) is 33.4 Å². The van der Waals surface area contributed by atoms with E-state index in [2.05, 4.69) is 0 Å². The van der Waals surface area contributed by atoms with Gasteiger partial charge in [0.1, 0.15) is 36.6 Å². The topological polar surface area (TPSA) is 195 Å². The molecule has 3 N–H and O–H groups in total. The third-order valence-corrected chi connectivity index (χ3v) is 12.6. The summed E-state index contributed by atoms with van der Waals surface area (Å²) in [5, 5.41) is 34.2. The van der Waals surface area contributed by atoms with Crippen LogP contribution in [-0.4, -0.2) is 51.9 Å². The summed E-state index contributed by atoms with van der Waals surface area (Å²) in [4.78, 5) is 0. The molecule has 15 nitrogen and oxygen atoms in total. The molecule has 18 heteroatoms. The van der Waals surface area contributed by atoms with Crippen LogP contribution in [0.4, 0.5) is 0 Å². The third-order valence-electron chi connectivity index (χ3n) is 8.40. The fourth-order valence-corrected chi connectivity index (χ4v) is 9.69. The van der Waals surface area contributed by atoms with Crippen LogP contribution in [0.25, 0.3) is 0 Å². The summed E-state index contributed by atoms with van der Waals surface area (Å²) in [6, 6.07) is 21.0. The maximum absolute atomic E-state index is 13.9. The van der Waals surface area contributed by atoms with Gasteiger partial charge in [-0.25, -0.2) is 13.7 Å². The van der Waals surface area contributed by atoms with Crippen molar-refractivity contribution in [2.24, 2.45) is 0 Å². The zero-order chi connectivity index (χ0) is 33.5. The number of aliphatic hydroxyl groups excluding tert-OH is 3. The third kappa shape index (κ3) is 7.19. The van der Waals surface area contributed by atoms with E-state index >= 15 is 0 Å². The van der Waals surface area contributed by atoms with Crippen molar-refractivity contribution in [3.05, 3.63) is 106 Å². The Morgan fingerprint density at radius 1 is 0.417 bits per heavy atom. The van der Waals surface area contributed by atoms with Crippen LogP contribution in [0.5, 0.6) is 0 Å². The van der Waals surface area contributed by atoms with Crippen molar-refractivity contribution >= 4 is 23.5 Å². The van der Waals surface area contributed by atoms with Crippen molar-refractivity contribution in [1.82, 2.24) is 0 Å². The van der Waals surface area contributed by atoms with E-state index in [4.69, 9.17) is 40.7 Å². The molecule has 1 fully saturated rings. The van der Waals surface area contributed by atoms with E-state index in [0.29, 0.717) is 33.4 Å². The first-order valence-corrected chi connectivity index (χ1v) is 19.4. The van der Waals surface area contributed by atoms with Gasteiger partial charge in [0.05, 0.1) is 39.6 Å². The van der Waals surface area contributed by atoms with Crippen LogP contribution >= 0.6 is 23.5 Å². The molecule has 1 aliphatic carbocycles. The van der Waals surface area contributed by atoms with Gasteiger partial charge >= 0.3 is 23.5 Å². The first-order chi connectivity index (χ1) is 23.0. The second kappa shape index (κ2) is 13.9. The van der Waals surface area contributed by atoms with Crippen molar-refractivity contribution in [2.45, 2.75) is 76.3 Å². The normalized spacial score (nSPS) is 30.8. The minimum Gasteiger partial charge on any atom is -0.387 e. The Kier molecular flexibility index (Phi) is 9.93. The molecule has 7 rings (SSSR count). The molecule has 6 atom stereocenters. The van der Waals surface area contributed by atoms with Crippen molar-refractivity contribution in [1.29, 1.82) is 0 Å². The number of phosphoric ester groups is 3. The van der Waals surface area contributed by atoms with E-state index in [1.807, 2.05) is 0 Å². The van der Waals surface area contributed by atoms with Crippen LogP contribution in [0, 0.1) is 0 Å². The van der Waals surface area contributed by atoms with Crippen molar-refractivity contribution in [3.8, 4) is 0 Å².